The van der Waals surface area contributed by atoms with E-state index >= 15 is 0 Å². The average molecular weight is 307 g/mol. The lowest BCUT2D eigenvalue weighted by molar-refractivity contribution is -0.130. The Labute approximate surface area is 133 Å². The second-order valence-electron chi connectivity index (χ2n) is 6.90. The van der Waals surface area contributed by atoms with E-state index in [0.29, 0.717) is 18.9 Å². The summed E-state index contributed by atoms with van der Waals surface area (Å²) < 4.78 is 2.07. The van der Waals surface area contributed by atoms with Gasteiger partial charge in [0.25, 0.3) is 0 Å². The molecule has 1 amide bonds. The number of hydrogen-bond acceptors (Lipinski definition) is 3. The van der Waals surface area contributed by atoms with Gasteiger partial charge in [0, 0.05) is 44.3 Å². The molecule has 1 aromatic rings. The van der Waals surface area contributed by atoms with Gasteiger partial charge in [0.15, 0.2) is 0 Å². The van der Waals surface area contributed by atoms with Crippen molar-refractivity contribution in [3.63, 3.8) is 0 Å². The van der Waals surface area contributed by atoms with Gasteiger partial charge < -0.3 is 10.0 Å². The third-order valence-corrected chi connectivity index (χ3v) is 4.56. The van der Waals surface area contributed by atoms with Crippen molar-refractivity contribution in [2.75, 3.05) is 19.7 Å². The Bertz CT molecular complexity index is 522. The standard InChI is InChI=1S/C17H29N3O2/c1-12(2)9-20-14(4)16(13(3)18-20)5-6-17(22)19-8-7-15(10-19)11-21/h12,15,21H,5-11H2,1-4H3. The summed E-state index contributed by atoms with van der Waals surface area (Å²) in [4.78, 5) is 14.2. The zero-order valence-corrected chi connectivity index (χ0v) is 14.3. The number of aliphatic hydroxyl groups excluding tert-OH is 1. The van der Waals surface area contributed by atoms with Crippen LogP contribution in [0.2, 0.25) is 0 Å². The molecule has 1 N–H and O–H groups in total. The monoisotopic (exact) mass is 307 g/mol. The summed E-state index contributed by atoms with van der Waals surface area (Å²) in [5.41, 5.74) is 3.45. The number of hydrogen-bond donors (Lipinski definition) is 1. The fraction of sp³-hybridized carbons (Fsp3) is 0.765. The van der Waals surface area contributed by atoms with Gasteiger partial charge in [-0.15, -0.1) is 0 Å². The second-order valence-corrected chi connectivity index (χ2v) is 6.90. The van der Waals surface area contributed by atoms with E-state index in [9.17, 15) is 9.90 Å². The van der Waals surface area contributed by atoms with Gasteiger partial charge in [-0.1, -0.05) is 13.8 Å². The lowest BCUT2D eigenvalue weighted by atomic mass is 10.1. The summed E-state index contributed by atoms with van der Waals surface area (Å²) in [7, 11) is 0. The first-order valence-corrected chi connectivity index (χ1v) is 8.33. The average Bonchev–Trinajstić information content (AvgIpc) is 3.03. The molecule has 1 fully saturated rings. The maximum absolute atomic E-state index is 12.3. The van der Waals surface area contributed by atoms with E-state index in [1.807, 2.05) is 11.8 Å². The van der Waals surface area contributed by atoms with E-state index in [0.717, 1.165) is 31.6 Å². The summed E-state index contributed by atoms with van der Waals surface area (Å²) in [6, 6.07) is 0. The van der Waals surface area contributed by atoms with Crippen molar-refractivity contribution in [1.82, 2.24) is 14.7 Å². The minimum Gasteiger partial charge on any atom is -0.396 e. The minimum absolute atomic E-state index is 0.184. The molecule has 5 nitrogen and oxygen atoms in total. The first-order valence-electron chi connectivity index (χ1n) is 8.33. The predicted octanol–water partition coefficient (Wildman–Crippen LogP) is 1.93. The summed E-state index contributed by atoms with van der Waals surface area (Å²) >= 11 is 0. The highest BCUT2D eigenvalue weighted by Crippen LogP contribution is 2.20. The molecule has 2 heterocycles. The maximum Gasteiger partial charge on any atom is 0.222 e. The Morgan fingerprint density at radius 1 is 1.41 bits per heavy atom. The molecule has 1 atom stereocenters. The van der Waals surface area contributed by atoms with Crippen molar-refractivity contribution < 1.29 is 9.90 Å². The topological polar surface area (TPSA) is 58.4 Å². The number of aromatic nitrogens is 2. The van der Waals surface area contributed by atoms with Crippen LogP contribution in [0, 0.1) is 25.7 Å². The van der Waals surface area contributed by atoms with Crippen molar-refractivity contribution in [2.24, 2.45) is 11.8 Å². The SMILES string of the molecule is Cc1nn(CC(C)C)c(C)c1CCC(=O)N1CCC(CO)C1. The predicted molar refractivity (Wildman–Crippen MR) is 86.6 cm³/mol. The molecule has 1 unspecified atom stereocenters. The maximum atomic E-state index is 12.3. The zero-order valence-electron chi connectivity index (χ0n) is 14.3. The van der Waals surface area contributed by atoms with Gasteiger partial charge in [0.1, 0.15) is 0 Å². The van der Waals surface area contributed by atoms with Gasteiger partial charge >= 0.3 is 0 Å². The normalized spacial score (nSPS) is 18.5. The molecule has 5 heteroatoms. The molecule has 1 aromatic heterocycles. The van der Waals surface area contributed by atoms with Gasteiger partial charge in [-0.3, -0.25) is 9.48 Å². The molecule has 0 bridgehead atoms. The van der Waals surface area contributed by atoms with Crippen LogP contribution in [0.3, 0.4) is 0 Å². The van der Waals surface area contributed by atoms with Crippen LogP contribution >= 0.6 is 0 Å². The van der Waals surface area contributed by atoms with Gasteiger partial charge in [-0.25, -0.2) is 0 Å². The van der Waals surface area contributed by atoms with E-state index in [-0.39, 0.29) is 18.4 Å². The molecule has 0 aliphatic carbocycles. The summed E-state index contributed by atoms with van der Waals surface area (Å²) in [6.45, 7) is 11.1. The molecule has 124 valence electrons. The first-order chi connectivity index (χ1) is 10.4. The van der Waals surface area contributed by atoms with E-state index in [1.165, 1.54) is 11.3 Å². The molecular formula is C17H29N3O2. The third-order valence-electron chi connectivity index (χ3n) is 4.56. The van der Waals surface area contributed by atoms with Crippen LogP contribution in [0.4, 0.5) is 0 Å². The van der Waals surface area contributed by atoms with Gasteiger partial charge in [-0.05, 0) is 38.2 Å². The number of carbonyl (C=O) groups excluding carboxylic acids is 1. The Kier molecular flexibility index (Phi) is 5.62. The Balaban J connectivity index is 1.94. The van der Waals surface area contributed by atoms with Gasteiger partial charge in [-0.2, -0.15) is 5.10 Å². The van der Waals surface area contributed by atoms with Crippen molar-refractivity contribution in [3.05, 3.63) is 17.0 Å². The van der Waals surface area contributed by atoms with Gasteiger partial charge in [0.05, 0.1) is 5.69 Å². The number of likely N-dealkylation sites (tertiary alicyclic amines) is 1. The molecular weight excluding hydrogens is 278 g/mol. The van der Waals surface area contributed by atoms with Crippen LogP contribution in [-0.2, 0) is 17.8 Å². The van der Waals surface area contributed by atoms with Crippen LogP contribution < -0.4 is 0 Å². The van der Waals surface area contributed by atoms with Crippen molar-refractivity contribution in [1.29, 1.82) is 0 Å². The molecule has 0 saturated carbocycles. The highest BCUT2D eigenvalue weighted by Gasteiger charge is 2.25. The van der Waals surface area contributed by atoms with E-state index in [4.69, 9.17) is 0 Å². The Hall–Kier alpha value is -1.36. The van der Waals surface area contributed by atoms with Crippen LogP contribution in [0.5, 0.6) is 0 Å². The smallest absolute Gasteiger partial charge is 0.222 e. The molecule has 0 radical (unpaired) electrons. The van der Waals surface area contributed by atoms with Crippen LogP contribution in [0.1, 0.15) is 43.6 Å². The van der Waals surface area contributed by atoms with E-state index in [1.54, 1.807) is 0 Å². The quantitative estimate of drug-likeness (QED) is 0.873. The molecule has 1 aliphatic rings. The van der Waals surface area contributed by atoms with Crippen LogP contribution in [-0.4, -0.2) is 45.4 Å². The van der Waals surface area contributed by atoms with Crippen LogP contribution in [0.25, 0.3) is 0 Å². The molecule has 1 saturated heterocycles. The molecule has 0 aromatic carbocycles. The Morgan fingerprint density at radius 2 is 2.14 bits per heavy atom. The third kappa shape index (κ3) is 3.88. The number of rotatable bonds is 6. The summed E-state index contributed by atoms with van der Waals surface area (Å²) in [5, 5.41) is 13.8. The van der Waals surface area contributed by atoms with Crippen molar-refractivity contribution >= 4 is 5.91 Å². The fourth-order valence-electron chi connectivity index (χ4n) is 3.22. The second kappa shape index (κ2) is 7.27. The lowest BCUT2D eigenvalue weighted by Gasteiger charge is -2.16. The minimum atomic E-state index is 0.184. The lowest BCUT2D eigenvalue weighted by Crippen LogP contribution is -2.29. The summed E-state index contributed by atoms with van der Waals surface area (Å²) in [5.74, 6) is 1.03. The Morgan fingerprint density at radius 3 is 2.73 bits per heavy atom. The molecule has 1 aliphatic heterocycles. The molecule has 2 rings (SSSR count). The van der Waals surface area contributed by atoms with Crippen molar-refractivity contribution in [3.8, 4) is 0 Å². The largest absolute Gasteiger partial charge is 0.396 e. The van der Waals surface area contributed by atoms with Gasteiger partial charge in [0.2, 0.25) is 5.91 Å². The van der Waals surface area contributed by atoms with E-state index in [2.05, 4.69) is 30.6 Å². The number of carbonyl (C=O) groups is 1. The number of nitrogens with zero attached hydrogens (tertiary/aromatic N) is 3. The fourth-order valence-corrected chi connectivity index (χ4v) is 3.22. The highest BCUT2D eigenvalue weighted by atomic mass is 16.3. The number of aliphatic hydroxyl groups is 1. The van der Waals surface area contributed by atoms with Crippen molar-refractivity contribution in [2.45, 2.75) is 53.5 Å². The molecule has 22 heavy (non-hydrogen) atoms. The first kappa shape index (κ1) is 17.0. The summed E-state index contributed by atoms with van der Waals surface area (Å²) in [6.07, 6.45) is 2.22. The van der Waals surface area contributed by atoms with Crippen LogP contribution in [0.15, 0.2) is 0 Å². The molecule has 0 spiro atoms. The number of aryl methyl sites for hydroxylation is 1. The van der Waals surface area contributed by atoms with E-state index < -0.39 is 0 Å². The number of amides is 1. The zero-order chi connectivity index (χ0) is 16.3. The highest BCUT2D eigenvalue weighted by molar-refractivity contribution is 5.76.